The summed E-state index contributed by atoms with van der Waals surface area (Å²) in [5, 5.41) is 0. The minimum Gasteiger partial charge on any atom is -0.350 e. The van der Waals surface area contributed by atoms with E-state index in [1.54, 1.807) is 0 Å². The third kappa shape index (κ3) is 2.75. The summed E-state index contributed by atoms with van der Waals surface area (Å²) in [6.45, 7) is 5.60. The van der Waals surface area contributed by atoms with Crippen molar-refractivity contribution >= 4 is 0 Å². The number of ether oxygens (including phenoxy) is 2. The summed E-state index contributed by atoms with van der Waals surface area (Å²) in [7, 11) is 0. The van der Waals surface area contributed by atoms with Gasteiger partial charge in [0.1, 0.15) is 0 Å². The average Bonchev–Trinajstić information content (AvgIpc) is 1.94. The van der Waals surface area contributed by atoms with Crippen LogP contribution in [0.25, 0.3) is 0 Å². The second-order valence-electron chi connectivity index (χ2n) is 3.22. The molecule has 1 heterocycles. The van der Waals surface area contributed by atoms with Gasteiger partial charge in [0.25, 0.3) is 0 Å². The Labute approximate surface area is 66.6 Å². The van der Waals surface area contributed by atoms with Gasteiger partial charge in [0.05, 0.1) is 19.8 Å². The Morgan fingerprint density at radius 1 is 1.45 bits per heavy atom. The molecule has 0 saturated carbocycles. The van der Waals surface area contributed by atoms with E-state index in [2.05, 4.69) is 4.84 Å². The third-order valence-corrected chi connectivity index (χ3v) is 1.67. The first-order chi connectivity index (χ1) is 5.14. The molecule has 11 heavy (non-hydrogen) atoms. The Bertz CT molecular complexity index is 117. The van der Waals surface area contributed by atoms with Crippen LogP contribution in [0.2, 0.25) is 0 Å². The zero-order valence-corrected chi connectivity index (χ0v) is 7.00. The van der Waals surface area contributed by atoms with E-state index in [9.17, 15) is 0 Å². The van der Waals surface area contributed by atoms with Crippen LogP contribution < -0.4 is 5.90 Å². The highest BCUT2D eigenvalue weighted by Crippen LogP contribution is 2.19. The summed E-state index contributed by atoms with van der Waals surface area (Å²) in [6, 6.07) is 0. The van der Waals surface area contributed by atoms with Gasteiger partial charge in [0.2, 0.25) is 0 Å². The first-order valence-electron chi connectivity index (χ1n) is 3.73. The number of nitrogens with two attached hydrogens (primary N) is 1. The van der Waals surface area contributed by atoms with Crippen LogP contribution in [-0.2, 0) is 14.3 Å². The summed E-state index contributed by atoms with van der Waals surface area (Å²) >= 11 is 0. The van der Waals surface area contributed by atoms with Crippen molar-refractivity contribution in [1.29, 1.82) is 0 Å². The van der Waals surface area contributed by atoms with E-state index in [4.69, 9.17) is 15.4 Å². The predicted octanol–water partition coefficient (Wildman–Crippen LogP) is 0.276. The molecule has 0 amide bonds. The Balaban J connectivity index is 2.25. The van der Waals surface area contributed by atoms with Crippen molar-refractivity contribution in [2.75, 3.05) is 19.8 Å². The molecular weight excluding hydrogens is 146 g/mol. The second-order valence-corrected chi connectivity index (χ2v) is 3.22. The van der Waals surface area contributed by atoms with Crippen LogP contribution in [0, 0.1) is 5.92 Å². The SMILES string of the molecule is CC1(C)OCC(CON)CO1. The van der Waals surface area contributed by atoms with Crippen molar-refractivity contribution in [1.82, 2.24) is 0 Å². The second kappa shape index (κ2) is 3.49. The maximum atomic E-state index is 5.37. The molecule has 1 saturated heterocycles. The predicted molar refractivity (Wildman–Crippen MR) is 39.6 cm³/mol. The van der Waals surface area contributed by atoms with E-state index in [0.717, 1.165) is 0 Å². The van der Waals surface area contributed by atoms with Crippen LogP contribution in [0.3, 0.4) is 0 Å². The number of rotatable bonds is 2. The molecule has 0 unspecified atom stereocenters. The molecule has 4 nitrogen and oxygen atoms in total. The van der Waals surface area contributed by atoms with Gasteiger partial charge in [-0.3, -0.25) is 0 Å². The minimum absolute atomic E-state index is 0.271. The lowest BCUT2D eigenvalue weighted by molar-refractivity contribution is -0.266. The Morgan fingerprint density at radius 3 is 2.45 bits per heavy atom. The van der Waals surface area contributed by atoms with Crippen molar-refractivity contribution in [3.8, 4) is 0 Å². The first-order valence-corrected chi connectivity index (χ1v) is 3.73. The summed E-state index contributed by atoms with van der Waals surface area (Å²) in [5.74, 6) is 4.75. The number of hydrogen-bond acceptors (Lipinski definition) is 4. The zero-order chi connectivity index (χ0) is 8.32. The fourth-order valence-electron chi connectivity index (χ4n) is 0.959. The molecule has 1 aliphatic heterocycles. The van der Waals surface area contributed by atoms with Gasteiger partial charge >= 0.3 is 0 Å². The van der Waals surface area contributed by atoms with Gasteiger partial charge in [-0.2, -0.15) is 0 Å². The highest BCUT2D eigenvalue weighted by atomic mass is 16.7. The van der Waals surface area contributed by atoms with Crippen LogP contribution in [0.1, 0.15) is 13.8 Å². The molecular formula is C7H15NO3. The lowest BCUT2D eigenvalue weighted by Crippen LogP contribution is -2.41. The maximum Gasteiger partial charge on any atom is 0.162 e. The van der Waals surface area contributed by atoms with Crippen LogP contribution >= 0.6 is 0 Å². The molecule has 0 aliphatic carbocycles. The van der Waals surface area contributed by atoms with Crippen molar-refractivity contribution in [2.24, 2.45) is 11.8 Å². The highest BCUT2D eigenvalue weighted by Gasteiger charge is 2.27. The molecule has 0 radical (unpaired) electrons. The van der Waals surface area contributed by atoms with Gasteiger partial charge in [0, 0.05) is 5.92 Å². The van der Waals surface area contributed by atoms with Crippen molar-refractivity contribution in [3.63, 3.8) is 0 Å². The molecule has 1 aliphatic rings. The molecule has 2 N–H and O–H groups in total. The molecule has 0 aromatic carbocycles. The van der Waals surface area contributed by atoms with Gasteiger partial charge in [0.15, 0.2) is 5.79 Å². The molecule has 1 rings (SSSR count). The molecule has 0 aromatic heterocycles. The van der Waals surface area contributed by atoms with Crippen LogP contribution in [-0.4, -0.2) is 25.6 Å². The summed E-state index contributed by atoms with van der Waals surface area (Å²) in [6.07, 6.45) is 0. The third-order valence-electron chi connectivity index (χ3n) is 1.67. The largest absolute Gasteiger partial charge is 0.350 e. The van der Waals surface area contributed by atoms with Crippen molar-refractivity contribution < 1.29 is 14.3 Å². The topological polar surface area (TPSA) is 53.7 Å². The summed E-state index contributed by atoms with van der Waals surface area (Å²) < 4.78 is 10.7. The smallest absolute Gasteiger partial charge is 0.162 e. The molecule has 0 spiro atoms. The quantitative estimate of drug-likeness (QED) is 0.591. The fraction of sp³-hybridized carbons (Fsp3) is 1.00. The molecule has 4 heteroatoms. The van der Waals surface area contributed by atoms with Crippen LogP contribution in [0.5, 0.6) is 0 Å². The van der Waals surface area contributed by atoms with E-state index in [-0.39, 0.29) is 5.92 Å². The minimum atomic E-state index is -0.439. The molecule has 0 atom stereocenters. The lowest BCUT2D eigenvalue weighted by Gasteiger charge is -2.34. The first kappa shape index (κ1) is 8.93. The lowest BCUT2D eigenvalue weighted by atomic mass is 10.1. The Morgan fingerprint density at radius 2 is 2.00 bits per heavy atom. The van der Waals surface area contributed by atoms with Gasteiger partial charge in [-0.05, 0) is 13.8 Å². The average molecular weight is 161 g/mol. The normalized spacial score (nSPS) is 25.4. The van der Waals surface area contributed by atoms with Crippen LogP contribution in [0.15, 0.2) is 0 Å². The fourth-order valence-corrected chi connectivity index (χ4v) is 0.959. The van der Waals surface area contributed by atoms with Gasteiger partial charge in [-0.1, -0.05) is 0 Å². The summed E-state index contributed by atoms with van der Waals surface area (Å²) in [4.78, 5) is 4.49. The molecule has 0 aromatic rings. The summed E-state index contributed by atoms with van der Waals surface area (Å²) in [5.41, 5.74) is 0. The van der Waals surface area contributed by atoms with E-state index < -0.39 is 5.79 Å². The Hall–Kier alpha value is -0.160. The van der Waals surface area contributed by atoms with Gasteiger partial charge in [-0.25, -0.2) is 5.90 Å². The van der Waals surface area contributed by atoms with Crippen LogP contribution in [0.4, 0.5) is 0 Å². The zero-order valence-electron chi connectivity index (χ0n) is 7.00. The molecule has 66 valence electrons. The van der Waals surface area contributed by atoms with E-state index >= 15 is 0 Å². The standard InChI is InChI=1S/C7H15NO3/c1-7(2)9-3-6(4-10-7)5-11-8/h6H,3-5,8H2,1-2H3. The Kier molecular flexibility index (Phi) is 2.84. The van der Waals surface area contributed by atoms with E-state index in [1.807, 2.05) is 13.8 Å². The van der Waals surface area contributed by atoms with Crippen molar-refractivity contribution in [2.45, 2.75) is 19.6 Å². The molecule has 0 bridgehead atoms. The van der Waals surface area contributed by atoms with Gasteiger partial charge in [-0.15, -0.1) is 0 Å². The van der Waals surface area contributed by atoms with E-state index in [1.165, 1.54) is 0 Å². The number of hydrogen-bond donors (Lipinski definition) is 1. The maximum absolute atomic E-state index is 5.37. The highest BCUT2D eigenvalue weighted by molar-refractivity contribution is 4.66. The monoisotopic (exact) mass is 161 g/mol. The van der Waals surface area contributed by atoms with Crippen molar-refractivity contribution in [3.05, 3.63) is 0 Å². The molecule has 1 fully saturated rings. The van der Waals surface area contributed by atoms with E-state index in [0.29, 0.717) is 19.8 Å². The van der Waals surface area contributed by atoms with Gasteiger partial charge < -0.3 is 14.3 Å².